The number of carbonyl (C=O) groups excluding carboxylic acids is 1. The predicted octanol–water partition coefficient (Wildman–Crippen LogP) is 4.04. The van der Waals surface area contributed by atoms with Gasteiger partial charge in [-0.15, -0.1) is 0 Å². The minimum Gasteiger partial charge on any atom is -0.507 e. The number of hydrogen-bond donors (Lipinski definition) is 1. The molecule has 2 aromatic rings. The Bertz CT molecular complexity index is 762. The summed E-state index contributed by atoms with van der Waals surface area (Å²) in [5, 5.41) is 11.3. The minimum absolute atomic E-state index is 0.146. The van der Waals surface area contributed by atoms with Crippen molar-refractivity contribution >= 4 is 17.9 Å². The Morgan fingerprint density at radius 2 is 1.76 bits per heavy atom. The number of rotatable bonds is 1. The van der Waals surface area contributed by atoms with Gasteiger partial charge in [0, 0.05) is 16.0 Å². The fourth-order valence-corrected chi connectivity index (χ4v) is 4.62. The number of benzene rings is 2. The van der Waals surface area contributed by atoms with Gasteiger partial charge in [0.2, 0.25) is 0 Å². The van der Waals surface area contributed by atoms with Crippen LogP contribution < -0.4 is 0 Å². The molecular weight excluding hydrogens is 284 g/mol. The molecule has 4 rings (SSSR count). The maximum atomic E-state index is 11.2. The fraction of sp³-hybridized carbons (Fsp3) is 0.278. The lowest BCUT2D eigenvalue weighted by Gasteiger charge is -2.28. The second kappa shape index (κ2) is 4.35. The number of phenolic OH excluding ortho intramolecular Hbond substituents is 1. The van der Waals surface area contributed by atoms with E-state index >= 15 is 0 Å². The van der Waals surface area contributed by atoms with E-state index in [2.05, 4.69) is 6.07 Å². The highest BCUT2D eigenvalue weighted by Gasteiger charge is 2.47. The van der Waals surface area contributed by atoms with Gasteiger partial charge >= 0.3 is 0 Å². The summed E-state index contributed by atoms with van der Waals surface area (Å²) in [5.41, 5.74) is 4.65. The zero-order chi connectivity index (χ0) is 14.6. The summed E-state index contributed by atoms with van der Waals surface area (Å²) in [5.74, 6) is 0.146. The molecular formula is C18H15ClO2. The molecule has 0 amide bonds. The third kappa shape index (κ3) is 1.57. The molecule has 0 heterocycles. The third-order valence-corrected chi connectivity index (χ3v) is 5.44. The van der Waals surface area contributed by atoms with Gasteiger partial charge in [0.1, 0.15) is 5.75 Å². The monoisotopic (exact) mass is 298 g/mol. The van der Waals surface area contributed by atoms with Crippen LogP contribution in [-0.2, 0) is 18.3 Å². The molecule has 3 heteroatoms. The van der Waals surface area contributed by atoms with Gasteiger partial charge in [0.05, 0.1) is 5.56 Å². The largest absolute Gasteiger partial charge is 0.507 e. The Balaban J connectivity index is 2.03. The first-order valence-corrected chi connectivity index (χ1v) is 7.63. The lowest BCUT2D eigenvalue weighted by Crippen LogP contribution is -2.22. The van der Waals surface area contributed by atoms with Crippen molar-refractivity contribution < 1.29 is 9.90 Å². The van der Waals surface area contributed by atoms with Crippen molar-refractivity contribution in [3.05, 3.63) is 63.2 Å². The van der Waals surface area contributed by atoms with Crippen molar-refractivity contribution in [1.29, 1.82) is 0 Å². The summed E-state index contributed by atoms with van der Waals surface area (Å²) < 4.78 is 0. The number of aryl methyl sites for hydroxylation is 2. The number of aromatic hydroxyl groups is 1. The molecule has 0 saturated carbocycles. The van der Waals surface area contributed by atoms with E-state index in [1.54, 1.807) is 6.07 Å². The van der Waals surface area contributed by atoms with Gasteiger partial charge in [-0.3, -0.25) is 4.79 Å². The van der Waals surface area contributed by atoms with Crippen LogP contribution in [0.25, 0.3) is 0 Å². The molecule has 0 bridgehead atoms. The summed E-state index contributed by atoms with van der Waals surface area (Å²) in [4.78, 5) is 11.2. The van der Waals surface area contributed by atoms with Crippen LogP contribution in [0.5, 0.6) is 5.75 Å². The first kappa shape index (κ1) is 12.9. The molecule has 21 heavy (non-hydrogen) atoms. The highest BCUT2D eigenvalue weighted by atomic mass is 35.5. The van der Waals surface area contributed by atoms with Gasteiger partial charge in [0.15, 0.2) is 6.29 Å². The summed E-state index contributed by atoms with van der Waals surface area (Å²) in [6, 6.07) is 9.71. The van der Waals surface area contributed by atoms with Crippen molar-refractivity contribution in [2.24, 2.45) is 0 Å². The van der Waals surface area contributed by atoms with E-state index < -0.39 is 0 Å². The third-order valence-electron chi connectivity index (χ3n) is 5.12. The smallest absolute Gasteiger partial charge is 0.153 e. The predicted molar refractivity (Wildman–Crippen MR) is 82.4 cm³/mol. The minimum atomic E-state index is -0.216. The topological polar surface area (TPSA) is 37.3 Å². The van der Waals surface area contributed by atoms with Crippen LogP contribution in [0.4, 0.5) is 0 Å². The Morgan fingerprint density at radius 1 is 1.05 bits per heavy atom. The van der Waals surface area contributed by atoms with Gasteiger partial charge in [-0.25, -0.2) is 0 Å². The zero-order valence-electron chi connectivity index (χ0n) is 11.5. The average Bonchev–Trinajstić information content (AvgIpc) is 3.04. The van der Waals surface area contributed by atoms with Gasteiger partial charge in [-0.2, -0.15) is 0 Å². The van der Waals surface area contributed by atoms with Crippen LogP contribution in [-0.4, -0.2) is 11.4 Å². The fourth-order valence-electron chi connectivity index (χ4n) is 4.25. The summed E-state index contributed by atoms with van der Waals surface area (Å²) in [6.45, 7) is 0. The number of phenols is 1. The Morgan fingerprint density at radius 3 is 2.48 bits per heavy atom. The van der Waals surface area contributed by atoms with Crippen molar-refractivity contribution in [3.8, 4) is 5.75 Å². The van der Waals surface area contributed by atoms with Crippen LogP contribution in [0.3, 0.4) is 0 Å². The normalized spacial score (nSPS) is 22.3. The molecule has 0 aromatic heterocycles. The van der Waals surface area contributed by atoms with Crippen LogP contribution in [0.1, 0.15) is 45.5 Å². The lowest BCUT2D eigenvalue weighted by atomic mass is 9.76. The molecule has 2 nitrogen and oxygen atoms in total. The first-order chi connectivity index (χ1) is 10.2. The van der Waals surface area contributed by atoms with Gasteiger partial charge in [-0.05, 0) is 54.5 Å². The quantitative estimate of drug-likeness (QED) is 0.807. The molecule has 0 aliphatic heterocycles. The maximum absolute atomic E-state index is 11.2. The van der Waals surface area contributed by atoms with E-state index in [4.69, 9.17) is 11.6 Å². The van der Waals surface area contributed by atoms with Crippen molar-refractivity contribution in [2.75, 3.05) is 0 Å². The highest BCUT2D eigenvalue weighted by molar-refractivity contribution is 6.31. The second-order valence-corrected chi connectivity index (χ2v) is 6.42. The van der Waals surface area contributed by atoms with Crippen LogP contribution in [0.2, 0.25) is 5.02 Å². The van der Waals surface area contributed by atoms with Gasteiger partial charge in [0.25, 0.3) is 0 Å². The first-order valence-electron chi connectivity index (χ1n) is 7.26. The molecule has 1 spiro atoms. The molecule has 0 radical (unpaired) electrons. The molecule has 0 saturated heterocycles. The molecule has 0 unspecified atom stereocenters. The number of halogens is 1. The van der Waals surface area contributed by atoms with Crippen molar-refractivity contribution in [1.82, 2.24) is 0 Å². The van der Waals surface area contributed by atoms with E-state index in [0.29, 0.717) is 5.56 Å². The van der Waals surface area contributed by atoms with E-state index in [1.807, 2.05) is 18.2 Å². The SMILES string of the molecule is O=Cc1ccc2c(c1O)[C@]1(CCc3cccc(Cl)c31)CC2. The highest BCUT2D eigenvalue weighted by Crippen LogP contribution is 2.56. The Hall–Kier alpha value is -1.80. The number of fused-ring (bicyclic) bond motifs is 4. The standard InChI is InChI=1S/C18H15ClO2/c19-14-3-1-2-11-6-8-18(15(11)14)9-7-12-4-5-13(10-20)17(21)16(12)18/h1-5,10,21H,6-9H2/t18-/m1/s1. The molecule has 1 atom stereocenters. The van der Waals surface area contributed by atoms with Gasteiger partial charge < -0.3 is 5.11 Å². The van der Waals surface area contributed by atoms with Crippen LogP contribution in [0, 0.1) is 0 Å². The molecule has 1 N–H and O–H groups in total. The second-order valence-electron chi connectivity index (χ2n) is 6.01. The van der Waals surface area contributed by atoms with E-state index in [1.165, 1.54) is 5.56 Å². The molecule has 2 aliphatic carbocycles. The average molecular weight is 299 g/mol. The zero-order valence-corrected chi connectivity index (χ0v) is 12.3. The van der Waals surface area contributed by atoms with Crippen molar-refractivity contribution in [2.45, 2.75) is 31.1 Å². The number of hydrogen-bond acceptors (Lipinski definition) is 2. The van der Waals surface area contributed by atoms with E-state index in [0.717, 1.165) is 53.7 Å². The molecule has 2 aliphatic rings. The van der Waals surface area contributed by atoms with Crippen LogP contribution >= 0.6 is 11.6 Å². The summed E-state index contributed by atoms with van der Waals surface area (Å²) in [6.07, 6.45) is 4.53. The Kier molecular flexibility index (Phi) is 2.67. The summed E-state index contributed by atoms with van der Waals surface area (Å²) >= 11 is 6.48. The molecule has 0 fully saturated rings. The number of carbonyl (C=O) groups is 1. The number of aldehydes is 1. The van der Waals surface area contributed by atoms with Crippen molar-refractivity contribution in [3.63, 3.8) is 0 Å². The van der Waals surface area contributed by atoms with E-state index in [9.17, 15) is 9.90 Å². The maximum Gasteiger partial charge on any atom is 0.153 e. The van der Waals surface area contributed by atoms with Crippen LogP contribution in [0.15, 0.2) is 30.3 Å². The lowest BCUT2D eigenvalue weighted by molar-refractivity contribution is 0.112. The molecule has 2 aromatic carbocycles. The van der Waals surface area contributed by atoms with Gasteiger partial charge in [-0.1, -0.05) is 29.8 Å². The Labute approximate surface area is 128 Å². The summed E-state index contributed by atoms with van der Waals surface area (Å²) in [7, 11) is 0. The molecule has 106 valence electrons. The van der Waals surface area contributed by atoms with E-state index in [-0.39, 0.29) is 11.2 Å².